The van der Waals surface area contributed by atoms with Gasteiger partial charge in [0.2, 0.25) is 0 Å². The van der Waals surface area contributed by atoms with Gasteiger partial charge < -0.3 is 10.1 Å². The lowest BCUT2D eigenvalue weighted by molar-refractivity contribution is 0.117. The van der Waals surface area contributed by atoms with Gasteiger partial charge in [-0.05, 0) is 63.4 Å². The molecule has 1 saturated heterocycles. The molecule has 0 aliphatic carbocycles. The minimum atomic E-state index is 0.401. The predicted octanol–water partition coefficient (Wildman–Crippen LogP) is 3.30. The molecule has 1 aliphatic heterocycles. The van der Waals surface area contributed by atoms with Crippen molar-refractivity contribution in [3.05, 3.63) is 34.4 Å². The van der Waals surface area contributed by atoms with Crippen LogP contribution in [-0.4, -0.2) is 19.8 Å². The van der Waals surface area contributed by atoms with Crippen molar-refractivity contribution >= 4 is 0 Å². The van der Waals surface area contributed by atoms with Gasteiger partial charge in [-0.15, -0.1) is 0 Å². The van der Waals surface area contributed by atoms with Crippen molar-refractivity contribution in [1.29, 1.82) is 0 Å². The lowest BCUT2D eigenvalue weighted by Gasteiger charge is -2.25. The quantitative estimate of drug-likeness (QED) is 0.885. The van der Waals surface area contributed by atoms with Crippen LogP contribution in [0, 0.1) is 26.7 Å². The fraction of sp³-hybridized carbons (Fsp3) is 0.625. The van der Waals surface area contributed by atoms with Crippen LogP contribution in [0.5, 0.6) is 0 Å². The molecule has 1 aromatic rings. The highest BCUT2D eigenvalue weighted by Crippen LogP contribution is 2.33. The number of benzene rings is 1. The summed E-state index contributed by atoms with van der Waals surface area (Å²) in [7, 11) is 2.06. The maximum absolute atomic E-state index is 5.72. The number of rotatable bonds is 3. The Kier molecular flexibility index (Phi) is 4.08. The van der Waals surface area contributed by atoms with Gasteiger partial charge in [-0.2, -0.15) is 0 Å². The number of nitrogens with one attached hydrogen (secondary N) is 1. The Hall–Kier alpha value is -0.860. The maximum atomic E-state index is 5.72. The summed E-state index contributed by atoms with van der Waals surface area (Å²) >= 11 is 0. The Morgan fingerprint density at radius 3 is 2.39 bits per heavy atom. The fourth-order valence-corrected chi connectivity index (χ4v) is 3.05. The smallest absolute Gasteiger partial charge is 0.0551 e. The first-order valence-corrected chi connectivity index (χ1v) is 6.89. The zero-order chi connectivity index (χ0) is 13.3. The molecule has 0 spiro atoms. The first kappa shape index (κ1) is 13.6. The van der Waals surface area contributed by atoms with Crippen molar-refractivity contribution in [2.75, 3.05) is 13.7 Å². The van der Waals surface area contributed by atoms with Crippen molar-refractivity contribution < 1.29 is 4.74 Å². The summed E-state index contributed by atoms with van der Waals surface area (Å²) in [4.78, 5) is 0. The molecule has 1 aliphatic rings. The van der Waals surface area contributed by atoms with Crippen molar-refractivity contribution in [3.8, 4) is 0 Å². The molecule has 0 radical (unpaired) electrons. The summed E-state index contributed by atoms with van der Waals surface area (Å²) in [6.45, 7) is 9.63. The SMILES string of the molecule is CNC(c1cc(C)c(C)cc1C)C1COC(C)C1. The summed E-state index contributed by atoms with van der Waals surface area (Å²) in [5.41, 5.74) is 5.57. The van der Waals surface area contributed by atoms with Crippen LogP contribution in [0.1, 0.15) is 41.6 Å². The Morgan fingerprint density at radius 1 is 1.17 bits per heavy atom. The van der Waals surface area contributed by atoms with Crippen LogP contribution in [0.3, 0.4) is 0 Å². The van der Waals surface area contributed by atoms with E-state index in [0.29, 0.717) is 18.1 Å². The molecule has 1 aromatic carbocycles. The molecule has 1 N–H and O–H groups in total. The van der Waals surface area contributed by atoms with Gasteiger partial charge in [0, 0.05) is 12.0 Å². The van der Waals surface area contributed by atoms with Crippen LogP contribution in [0.4, 0.5) is 0 Å². The van der Waals surface area contributed by atoms with Crippen molar-refractivity contribution in [1.82, 2.24) is 5.32 Å². The van der Waals surface area contributed by atoms with Crippen molar-refractivity contribution in [3.63, 3.8) is 0 Å². The molecule has 100 valence electrons. The van der Waals surface area contributed by atoms with Crippen LogP contribution < -0.4 is 5.32 Å². The monoisotopic (exact) mass is 247 g/mol. The summed E-state index contributed by atoms with van der Waals surface area (Å²) < 4.78 is 5.72. The van der Waals surface area contributed by atoms with Crippen LogP contribution in [0.25, 0.3) is 0 Å². The zero-order valence-corrected chi connectivity index (χ0v) is 12.2. The van der Waals surface area contributed by atoms with Crippen molar-refractivity contribution in [2.24, 2.45) is 5.92 Å². The molecular weight excluding hydrogens is 222 g/mol. The van der Waals surface area contributed by atoms with E-state index >= 15 is 0 Å². The van der Waals surface area contributed by atoms with Gasteiger partial charge in [0.05, 0.1) is 12.7 Å². The third-order valence-corrected chi connectivity index (χ3v) is 4.23. The summed E-state index contributed by atoms with van der Waals surface area (Å²) in [6.07, 6.45) is 1.55. The summed E-state index contributed by atoms with van der Waals surface area (Å²) in [5, 5.41) is 3.49. The third kappa shape index (κ3) is 2.60. The van der Waals surface area contributed by atoms with Gasteiger partial charge in [-0.3, -0.25) is 0 Å². The van der Waals surface area contributed by atoms with E-state index < -0.39 is 0 Å². The minimum absolute atomic E-state index is 0.401. The first-order chi connectivity index (χ1) is 8.52. The minimum Gasteiger partial charge on any atom is -0.378 e. The Labute approximate surface area is 111 Å². The molecular formula is C16H25NO. The molecule has 2 rings (SSSR count). The van der Waals surface area contributed by atoms with Gasteiger partial charge >= 0.3 is 0 Å². The van der Waals surface area contributed by atoms with Crippen LogP contribution in [-0.2, 0) is 4.74 Å². The Morgan fingerprint density at radius 2 is 1.83 bits per heavy atom. The molecule has 3 atom stereocenters. The molecule has 2 heteroatoms. The lowest BCUT2D eigenvalue weighted by Crippen LogP contribution is -2.26. The molecule has 18 heavy (non-hydrogen) atoms. The molecule has 0 amide bonds. The molecule has 1 heterocycles. The predicted molar refractivity (Wildman–Crippen MR) is 76.0 cm³/mol. The standard InChI is InChI=1S/C16H25NO/c1-10-6-12(3)15(7-11(10)2)16(17-5)14-8-13(4)18-9-14/h6-7,13-14,16-17H,8-9H2,1-5H3. The normalized spacial score (nSPS) is 25.4. The number of hydrogen-bond acceptors (Lipinski definition) is 2. The fourth-order valence-electron chi connectivity index (χ4n) is 3.05. The van der Waals surface area contributed by atoms with Crippen LogP contribution in [0.2, 0.25) is 0 Å². The molecule has 2 nitrogen and oxygen atoms in total. The number of ether oxygens (including phenoxy) is 1. The average Bonchev–Trinajstić information content (AvgIpc) is 2.73. The van der Waals surface area contributed by atoms with Gasteiger partial charge in [-0.1, -0.05) is 12.1 Å². The maximum Gasteiger partial charge on any atom is 0.0551 e. The van der Waals surface area contributed by atoms with Crippen LogP contribution in [0.15, 0.2) is 12.1 Å². The molecule has 1 fully saturated rings. The van der Waals surface area contributed by atoms with E-state index in [9.17, 15) is 0 Å². The highest BCUT2D eigenvalue weighted by Gasteiger charge is 2.30. The van der Waals surface area contributed by atoms with Crippen molar-refractivity contribution in [2.45, 2.75) is 46.3 Å². The second-order valence-corrected chi connectivity index (χ2v) is 5.70. The average molecular weight is 247 g/mol. The molecule has 0 saturated carbocycles. The largest absolute Gasteiger partial charge is 0.378 e. The van der Waals surface area contributed by atoms with Crippen LogP contribution >= 0.6 is 0 Å². The number of hydrogen-bond donors (Lipinski definition) is 1. The molecule has 3 unspecified atom stereocenters. The highest BCUT2D eigenvalue weighted by atomic mass is 16.5. The Bertz CT molecular complexity index is 427. The van der Waals surface area contributed by atoms with Gasteiger partial charge in [-0.25, -0.2) is 0 Å². The summed E-state index contributed by atoms with van der Waals surface area (Å²) in [5.74, 6) is 0.589. The first-order valence-electron chi connectivity index (χ1n) is 6.89. The highest BCUT2D eigenvalue weighted by molar-refractivity contribution is 5.38. The van der Waals surface area contributed by atoms with E-state index in [1.165, 1.54) is 22.3 Å². The van der Waals surface area contributed by atoms with E-state index in [1.807, 2.05) is 0 Å². The third-order valence-electron chi connectivity index (χ3n) is 4.23. The molecule has 0 bridgehead atoms. The number of aryl methyl sites for hydroxylation is 3. The lowest BCUT2D eigenvalue weighted by atomic mass is 9.87. The zero-order valence-electron chi connectivity index (χ0n) is 12.2. The van der Waals surface area contributed by atoms with Gasteiger partial charge in [0.1, 0.15) is 0 Å². The van der Waals surface area contributed by atoms with E-state index in [1.54, 1.807) is 0 Å². The van der Waals surface area contributed by atoms with E-state index in [-0.39, 0.29) is 0 Å². The van der Waals surface area contributed by atoms with E-state index in [2.05, 4.69) is 52.2 Å². The second-order valence-electron chi connectivity index (χ2n) is 5.70. The van der Waals surface area contributed by atoms with Gasteiger partial charge in [0.25, 0.3) is 0 Å². The molecule has 0 aromatic heterocycles. The van der Waals surface area contributed by atoms with Gasteiger partial charge in [0.15, 0.2) is 0 Å². The van der Waals surface area contributed by atoms with E-state index in [4.69, 9.17) is 4.74 Å². The Balaban J connectivity index is 2.30. The second kappa shape index (κ2) is 5.41. The van der Waals surface area contributed by atoms with E-state index in [0.717, 1.165) is 13.0 Å². The summed E-state index contributed by atoms with van der Waals surface area (Å²) in [6, 6.07) is 5.05. The topological polar surface area (TPSA) is 21.3 Å².